The van der Waals surface area contributed by atoms with Crippen LogP contribution >= 0.6 is 0 Å². The van der Waals surface area contributed by atoms with Crippen LogP contribution in [0.5, 0.6) is 23.0 Å². The van der Waals surface area contributed by atoms with Gasteiger partial charge in [-0.25, -0.2) is 4.79 Å². The van der Waals surface area contributed by atoms with Gasteiger partial charge in [-0.2, -0.15) is 0 Å². The maximum Gasteiger partial charge on any atom is 0.339 e. The topological polar surface area (TPSA) is 88.5 Å². The van der Waals surface area contributed by atoms with Crippen LogP contribution < -0.4 is 14.2 Å². The van der Waals surface area contributed by atoms with Crippen LogP contribution in [0.25, 0.3) is 11.1 Å². The highest BCUT2D eigenvalue weighted by molar-refractivity contribution is 6.03. The minimum Gasteiger partial charge on any atom is -0.508 e. The van der Waals surface area contributed by atoms with Gasteiger partial charge in [-0.05, 0) is 59.9 Å². The number of para-hydroxylation sites is 1. The number of ether oxygens (including phenoxy) is 3. The van der Waals surface area contributed by atoms with E-state index in [2.05, 4.69) is 4.90 Å². The second kappa shape index (κ2) is 11.8. The first-order valence-corrected chi connectivity index (χ1v) is 13.1. The van der Waals surface area contributed by atoms with Crippen molar-refractivity contribution in [2.45, 2.75) is 25.4 Å². The van der Waals surface area contributed by atoms with Crippen LogP contribution in [0.4, 0.5) is 4.39 Å². The number of halogens is 1. The molecule has 0 aliphatic carbocycles. The molecule has 0 aromatic heterocycles. The van der Waals surface area contributed by atoms with E-state index in [-0.39, 0.29) is 24.1 Å². The number of carbonyl (C=O) groups is 1. The molecule has 2 aliphatic rings. The Kier molecular flexibility index (Phi) is 8.02. The van der Waals surface area contributed by atoms with Crippen LogP contribution in [-0.2, 0) is 0 Å². The molecule has 3 aromatic carbocycles. The van der Waals surface area contributed by atoms with Gasteiger partial charge in [0.05, 0.1) is 20.4 Å². The van der Waals surface area contributed by atoms with Gasteiger partial charge < -0.3 is 24.4 Å². The van der Waals surface area contributed by atoms with E-state index in [1.54, 1.807) is 18.2 Å². The molecule has 0 radical (unpaired) electrons. The number of fused-ring (bicyclic) bond motifs is 1. The predicted molar refractivity (Wildman–Crippen MR) is 147 cm³/mol. The van der Waals surface area contributed by atoms with Gasteiger partial charge in [0, 0.05) is 43.2 Å². The molecule has 0 spiro atoms. The number of carboxylic acid groups (broad SMARTS) is 1. The first-order chi connectivity index (χ1) is 19.0. The highest BCUT2D eigenvalue weighted by Crippen LogP contribution is 2.45. The number of phenolic OH excluding ortho intramolecular Hbond substituents is 1. The van der Waals surface area contributed by atoms with E-state index < -0.39 is 5.97 Å². The van der Waals surface area contributed by atoms with E-state index in [0.717, 1.165) is 54.1 Å². The summed E-state index contributed by atoms with van der Waals surface area (Å²) in [6.45, 7) is 2.47. The lowest BCUT2D eigenvalue weighted by molar-refractivity contribution is 0.0693. The summed E-state index contributed by atoms with van der Waals surface area (Å²) in [7, 11) is 1.47. The van der Waals surface area contributed by atoms with Gasteiger partial charge >= 0.3 is 5.97 Å². The molecule has 2 heterocycles. The highest BCUT2D eigenvalue weighted by Gasteiger charge is 2.26. The number of methoxy groups -OCH3 is 1. The zero-order chi connectivity index (χ0) is 27.4. The lowest BCUT2D eigenvalue weighted by atomic mass is 9.87. The lowest BCUT2D eigenvalue weighted by Gasteiger charge is -2.19. The summed E-state index contributed by atoms with van der Waals surface area (Å²) in [5.41, 5.74) is 4.19. The Bertz CT molecular complexity index is 1370. The third-order valence-electron chi connectivity index (χ3n) is 7.20. The van der Waals surface area contributed by atoms with Crippen LogP contribution in [-0.4, -0.2) is 67.2 Å². The van der Waals surface area contributed by atoms with E-state index >= 15 is 0 Å². The van der Waals surface area contributed by atoms with Crippen LogP contribution in [0.3, 0.4) is 0 Å². The molecule has 204 valence electrons. The number of hydrogen-bond donors (Lipinski definition) is 2. The van der Waals surface area contributed by atoms with Crippen LogP contribution in [0.2, 0.25) is 0 Å². The maximum absolute atomic E-state index is 12.5. The third-order valence-corrected chi connectivity index (χ3v) is 7.20. The number of phenols is 1. The van der Waals surface area contributed by atoms with Gasteiger partial charge in [-0.15, -0.1) is 0 Å². The van der Waals surface area contributed by atoms with E-state index in [0.29, 0.717) is 36.5 Å². The summed E-state index contributed by atoms with van der Waals surface area (Å²) >= 11 is 0. The molecule has 0 saturated carbocycles. The van der Waals surface area contributed by atoms with Gasteiger partial charge in [0.2, 0.25) is 0 Å². The molecule has 1 atom stereocenters. The van der Waals surface area contributed by atoms with Crippen LogP contribution in [0.1, 0.15) is 46.3 Å². The number of carboxylic acids is 1. The van der Waals surface area contributed by atoms with Crippen molar-refractivity contribution in [3.05, 3.63) is 82.9 Å². The first kappa shape index (κ1) is 26.6. The summed E-state index contributed by atoms with van der Waals surface area (Å²) in [6, 6.07) is 17.9. The van der Waals surface area contributed by atoms with Crippen LogP contribution in [0, 0.1) is 0 Å². The normalized spacial score (nSPS) is 17.3. The molecule has 1 saturated heterocycles. The van der Waals surface area contributed by atoms with E-state index in [9.17, 15) is 19.4 Å². The Labute approximate surface area is 227 Å². The Morgan fingerprint density at radius 3 is 2.69 bits per heavy atom. The van der Waals surface area contributed by atoms with Crippen molar-refractivity contribution in [2.24, 2.45) is 0 Å². The first-order valence-electron chi connectivity index (χ1n) is 13.1. The summed E-state index contributed by atoms with van der Waals surface area (Å²) in [6.07, 6.45) is 2.00. The Hall–Kier alpha value is -4.04. The van der Waals surface area contributed by atoms with Gasteiger partial charge in [0.1, 0.15) is 34.7 Å². The monoisotopic (exact) mass is 533 g/mol. The number of likely N-dealkylation sites (tertiary alicyclic amines) is 1. The standard InChI is InChI=1S/C31H32FNO6/c1-37-30-25(4-2-5-27(30)31(35)36)24-13-17-38-28-18-21(34)8-11-26(28)29(24)20-6-9-22(10-7-20)39-23-12-16-33(19-23)15-3-14-32/h2,4-11,18,23,34H,3,12-17,19H2,1H3,(H,35,36)/t23-/m0/s1. The molecule has 0 amide bonds. The van der Waals surface area contributed by atoms with Crippen molar-refractivity contribution in [3.63, 3.8) is 0 Å². The molecule has 39 heavy (non-hydrogen) atoms. The fraction of sp³-hybridized carbons (Fsp3) is 0.323. The van der Waals surface area contributed by atoms with Crippen molar-refractivity contribution < 1.29 is 33.6 Å². The summed E-state index contributed by atoms with van der Waals surface area (Å²) < 4.78 is 30.4. The summed E-state index contributed by atoms with van der Waals surface area (Å²) in [5, 5.41) is 19.9. The van der Waals surface area contributed by atoms with Crippen molar-refractivity contribution >= 4 is 17.1 Å². The Morgan fingerprint density at radius 1 is 1.13 bits per heavy atom. The van der Waals surface area contributed by atoms with Crippen molar-refractivity contribution in [3.8, 4) is 23.0 Å². The Morgan fingerprint density at radius 2 is 1.95 bits per heavy atom. The molecular weight excluding hydrogens is 501 g/mol. The molecule has 8 heteroatoms. The van der Waals surface area contributed by atoms with E-state index in [4.69, 9.17) is 14.2 Å². The fourth-order valence-electron chi connectivity index (χ4n) is 5.42. The number of hydrogen-bond acceptors (Lipinski definition) is 6. The molecule has 0 unspecified atom stereocenters. The number of rotatable bonds is 9. The number of aromatic hydroxyl groups is 1. The average molecular weight is 534 g/mol. The minimum atomic E-state index is -1.07. The van der Waals surface area contributed by atoms with Gasteiger partial charge in [-0.3, -0.25) is 9.29 Å². The predicted octanol–water partition coefficient (Wildman–Crippen LogP) is 5.65. The second-order valence-corrected chi connectivity index (χ2v) is 9.72. The number of aromatic carboxylic acids is 1. The highest BCUT2D eigenvalue weighted by atomic mass is 19.1. The zero-order valence-corrected chi connectivity index (χ0v) is 21.9. The van der Waals surface area contributed by atoms with Crippen LogP contribution in [0.15, 0.2) is 60.7 Å². The molecule has 1 fully saturated rings. The quantitative estimate of drug-likeness (QED) is 0.367. The van der Waals surface area contributed by atoms with Gasteiger partial charge in [0.25, 0.3) is 0 Å². The molecule has 3 aromatic rings. The number of nitrogens with zero attached hydrogens (tertiary/aromatic N) is 1. The molecule has 2 N–H and O–H groups in total. The SMILES string of the molecule is COc1c(C(=O)O)cccc1C1=C(c2ccc(O[C@H]3CCN(CCCF)C3)cc2)c2ccc(O)cc2OCC1. The second-order valence-electron chi connectivity index (χ2n) is 9.72. The summed E-state index contributed by atoms with van der Waals surface area (Å²) in [4.78, 5) is 14.2. The van der Waals surface area contributed by atoms with Gasteiger partial charge in [-0.1, -0.05) is 24.3 Å². The molecule has 5 rings (SSSR count). The van der Waals surface area contributed by atoms with E-state index in [1.807, 2.05) is 36.4 Å². The molecule has 2 aliphatic heterocycles. The van der Waals surface area contributed by atoms with Gasteiger partial charge in [0.15, 0.2) is 0 Å². The number of alkyl halides is 1. The van der Waals surface area contributed by atoms with Crippen molar-refractivity contribution in [1.82, 2.24) is 4.90 Å². The smallest absolute Gasteiger partial charge is 0.339 e. The maximum atomic E-state index is 12.5. The number of benzene rings is 3. The molecule has 7 nitrogen and oxygen atoms in total. The fourth-order valence-corrected chi connectivity index (χ4v) is 5.42. The largest absolute Gasteiger partial charge is 0.508 e. The van der Waals surface area contributed by atoms with Crippen molar-refractivity contribution in [1.29, 1.82) is 0 Å². The van der Waals surface area contributed by atoms with E-state index in [1.165, 1.54) is 13.2 Å². The molecular formula is C31H32FNO6. The minimum absolute atomic E-state index is 0.0586. The summed E-state index contributed by atoms with van der Waals surface area (Å²) in [5.74, 6) is 0.622. The van der Waals surface area contributed by atoms with Crippen molar-refractivity contribution in [2.75, 3.05) is 40.0 Å². The average Bonchev–Trinajstić information content (AvgIpc) is 3.30. The lowest BCUT2D eigenvalue weighted by Crippen LogP contribution is -2.26. The molecule has 0 bridgehead atoms. The third kappa shape index (κ3) is 5.71. The zero-order valence-electron chi connectivity index (χ0n) is 21.9. The Balaban J connectivity index is 1.54.